The SMILES string of the molecule is CC(C)C(CNCC(C)N1CCCC1)CNC(=O)OC(C)(C)C. The van der Waals surface area contributed by atoms with Crippen molar-refractivity contribution in [2.75, 3.05) is 32.7 Å². The number of nitrogens with zero attached hydrogens (tertiary/aromatic N) is 1. The average molecular weight is 328 g/mol. The Morgan fingerprint density at radius 3 is 2.22 bits per heavy atom. The number of nitrogens with one attached hydrogen (secondary N) is 2. The first kappa shape index (κ1) is 20.2. The maximum absolute atomic E-state index is 11.8. The van der Waals surface area contributed by atoms with Crippen molar-refractivity contribution in [3.63, 3.8) is 0 Å². The van der Waals surface area contributed by atoms with Crippen LogP contribution in [0.1, 0.15) is 54.4 Å². The van der Waals surface area contributed by atoms with Gasteiger partial charge in [0.05, 0.1) is 0 Å². The van der Waals surface area contributed by atoms with Gasteiger partial charge in [-0.05, 0) is 72.0 Å². The molecule has 1 saturated heterocycles. The second-order valence-corrected chi connectivity index (χ2v) is 8.14. The summed E-state index contributed by atoms with van der Waals surface area (Å²) in [7, 11) is 0. The first-order valence-corrected chi connectivity index (χ1v) is 9.10. The van der Waals surface area contributed by atoms with Gasteiger partial charge in [0.1, 0.15) is 5.60 Å². The third-order valence-corrected chi connectivity index (χ3v) is 4.46. The van der Waals surface area contributed by atoms with Crippen LogP contribution in [0.4, 0.5) is 4.79 Å². The van der Waals surface area contributed by atoms with Crippen LogP contribution in [0.15, 0.2) is 0 Å². The van der Waals surface area contributed by atoms with Crippen molar-refractivity contribution in [3.8, 4) is 0 Å². The molecule has 1 aliphatic heterocycles. The van der Waals surface area contributed by atoms with Gasteiger partial charge in [-0.25, -0.2) is 4.79 Å². The zero-order valence-corrected chi connectivity index (χ0v) is 15.9. The zero-order chi connectivity index (χ0) is 17.5. The molecule has 0 radical (unpaired) electrons. The fourth-order valence-electron chi connectivity index (χ4n) is 2.86. The van der Waals surface area contributed by atoms with Crippen LogP contribution in [-0.2, 0) is 4.74 Å². The molecule has 1 heterocycles. The van der Waals surface area contributed by atoms with Crippen LogP contribution < -0.4 is 10.6 Å². The Morgan fingerprint density at radius 1 is 1.09 bits per heavy atom. The predicted molar refractivity (Wildman–Crippen MR) is 95.7 cm³/mol. The minimum atomic E-state index is -0.444. The topological polar surface area (TPSA) is 53.6 Å². The second kappa shape index (κ2) is 9.48. The molecule has 0 spiro atoms. The van der Waals surface area contributed by atoms with Crippen molar-refractivity contribution < 1.29 is 9.53 Å². The molecule has 136 valence electrons. The van der Waals surface area contributed by atoms with E-state index >= 15 is 0 Å². The van der Waals surface area contributed by atoms with Gasteiger partial charge in [0.15, 0.2) is 0 Å². The molecule has 23 heavy (non-hydrogen) atoms. The van der Waals surface area contributed by atoms with Gasteiger partial charge in [-0.15, -0.1) is 0 Å². The van der Waals surface area contributed by atoms with Crippen LogP contribution in [-0.4, -0.2) is 55.4 Å². The fraction of sp³-hybridized carbons (Fsp3) is 0.944. The van der Waals surface area contributed by atoms with E-state index in [0.717, 1.165) is 13.1 Å². The maximum Gasteiger partial charge on any atom is 0.407 e. The third kappa shape index (κ3) is 8.56. The first-order valence-electron chi connectivity index (χ1n) is 9.10. The Balaban J connectivity index is 2.27. The van der Waals surface area contributed by atoms with E-state index in [4.69, 9.17) is 4.74 Å². The van der Waals surface area contributed by atoms with Gasteiger partial charge in [-0.1, -0.05) is 13.8 Å². The lowest BCUT2D eigenvalue weighted by Crippen LogP contribution is -2.43. The lowest BCUT2D eigenvalue weighted by Gasteiger charge is -2.27. The van der Waals surface area contributed by atoms with Gasteiger partial charge in [-0.2, -0.15) is 0 Å². The summed E-state index contributed by atoms with van der Waals surface area (Å²) in [5.41, 5.74) is -0.444. The van der Waals surface area contributed by atoms with Gasteiger partial charge in [0, 0.05) is 19.1 Å². The molecule has 2 atom stereocenters. The number of alkyl carbamates (subject to hydrolysis) is 1. The van der Waals surface area contributed by atoms with E-state index in [1.54, 1.807) is 0 Å². The standard InChI is InChI=1S/C18H37N3O2/c1-14(2)16(13-20-17(22)23-18(4,5)6)12-19-11-15(3)21-9-7-8-10-21/h14-16,19H,7-13H2,1-6H3,(H,20,22). The Labute approximate surface area is 142 Å². The van der Waals surface area contributed by atoms with E-state index in [0.29, 0.717) is 24.4 Å². The molecule has 0 saturated carbocycles. The van der Waals surface area contributed by atoms with Crippen LogP contribution in [0, 0.1) is 11.8 Å². The summed E-state index contributed by atoms with van der Waals surface area (Å²) in [6.45, 7) is 17.4. The molecule has 0 aromatic carbocycles. The van der Waals surface area contributed by atoms with Gasteiger partial charge < -0.3 is 15.4 Å². The number of amides is 1. The summed E-state index contributed by atoms with van der Waals surface area (Å²) in [4.78, 5) is 14.3. The molecule has 0 bridgehead atoms. The third-order valence-electron chi connectivity index (χ3n) is 4.46. The summed E-state index contributed by atoms with van der Waals surface area (Å²) in [6.07, 6.45) is 2.34. The molecule has 2 N–H and O–H groups in total. The number of likely N-dealkylation sites (tertiary alicyclic amines) is 1. The predicted octanol–water partition coefficient (Wildman–Crippen LogP) is 2.86. The van der Waals surface area contributed by atoms with E-state index in [1.165, 1.54) is 25.9 Å². The van der Waals surface area contributed by atoms with Crippen molar-refractivity contribution in [1.82, 2.24) is 15.5 Å². The lowest BCUT2D eigenvalue weighted by atomic mass is 9.95. The number of ether oxygens (including phenoxy) is 1. The molecule has 2 unspecified atom stereocenters. The summed E-state index contributed by atoms with van der Waals surface area (Å²) in [6, 6.07) is 0.587. The average Bonchev–Trinajstić information content (AvgIpc) is 2.93. The highest BCUT2D eigenvalue weighted by Gasteiger charge is 2.20. The van der Waals surface area contributed by atoms with E-state index in [9.17, 15) is 4.79 Å². The molecule has 0 aromatic rings. The van der Waals surface area contributed by atoms with Crippen molar-refractivity contribution in [2.24, 2.45) is 11.8 Å². The molecule has 0 aromatic heterocycles. The zero-order valence-electron chi connectivity index (χ0n) is 15.9. The molecule has 0 aliphatic carbocycles. The van der Waals surface area contributed by atoms with Crippen LogP contribution >= 0.6 is 0 Å². The number of carbonyl (C=O) groups excluding carboxylic acids is 1. The van der Waals surface area contributed by atoms with Crippen molar-refractivity contribution in [1.29, 1.82) is 0 Å². The number of rotatable bonds is 8. The highest BCUT2D eigenvalue weighted by atomic mass is 16.6. The molecule has 5 heteroatoms. The Kier molecular flexibility index (Phi) is 8.34. The van der Waals surface area contributed by atoms with Crippen molar-refractivity contribution in [3.05, 3.63) is 0 Å². The molecule has 1 aliphatic rings. The van der Waals surface area contributed by atoms with E-state index in [2.05, 4.69) is 36.3 Å². The molecule has 5 nitrogen and oxygen atoms in total. The van der Waals surface area contributed by atoms with Crippen molar-refractivity contribution >= 4 is 6.09 Å². The Morgan fingerprint density at radius 2 is 1.70 bits per heavy atom. The number of hydrogen-bond donors (Lipinski definition) is 2. The van der Waals surface area contributed by atoms with E-state index in [-0.39, 0.29) is 6.09 Å². The van der Waals surface area contributed by atoms with Crippen LogP contribution in [0.2, 0.25) is 0 Å². The Hall–Kier alpha value is -0.810. The van der Waals surface area contributed by atoms with Gasteiger partial charge in [0.25, 0.3) is 0 Å². The summed E-state index contributed by atoms with van der Waals surface area (Å²) in [5, 5.41) is 6.48. The van der Waals surface area contributed by atoms with Crippen molar-refractivity contribution in [2.45, 2.75) is 66.0 Å². The molecule has 1 rings (SSSR count). The van der Waals surface area contributed by atoms with Gasteiger partial charge in [-0.3, -0.25) is 4.90 Å². The summed E-state index contributed by atoms with van der Waals surface area (Å²) >= 11 is 0. The smallest absolute Gasteiger partial charge is 0.407 e. The number of hydrogen-bond acceptors (Lipinski definition) is 4. The van der Waals surface area contributed by atoms with Gasteiger partial charge in [0.2, 0.25) is 0 Å². The minimum absolute atomic E-state index is 0.325. The molecular weight excluding hydrogens is 290 g/mol. The normalized spacial score (nSPS) is 18.9. The highest BCUT2D eigenvalue weighted by Crippen LogP contribution is 2.12. The van der Waals surface area contributed by atoms with Crippen LogP contribution in [0.5, 0.6) is 0 Å². The number of carbonyl (C=O) groups is 1. The minimum Gasteiger partial charge on any atom is -0.444 e. The van der Waals surface area contributed by atoms with E-state index < -0.39 is 5.60 Å². The molecular formula is C18H37N3O2. The lowest BCUT2D eigenvalue weighted by molar-refractivity contribution is 0.0514. The maximum atomic E-state index is 11.8. The van der Waals surface area contributed by atoms with Crippen LogP contribution in [0.3, 0.4) is 0 Å². The quantitative estimate of drug-likeness (QED) is 0.720. The largest absolute Gasteiger partial charge is 0.444 e. The molecule has 1 amide bonds. The fourth-order valence-corrected chi connectivity index (χ4v) is 2.86. The molecule has 1 fully saturated rings. The summed E-state index contributed by atoms with van der Waals surface area (Å²) < 4.78 is 5.30. The highest BCUT2D eigenvalue weighted by molar-refractivity contribution is 5.67. The van der Waals surface area contributed by atoms with E-state index in [1.807, 2.05) is 20.8 Å². The summed E-state index contributed by atoms with van der Waals surface area (Å²) in [5.74, 6) is 0.924. The second-order valence-electron chi connectivity index (χ2n) is 8.14. The monoisotopic (exact) mass is 327 g/mol. The Bertz CT molecular complexity index is 347. The van der Waals surface area contributed by atoms with Gasteiger partial charge >= 0.3 is 6.09 Å². The van der Waals surface area contributed by atoms with Crippen LogP contribution in [0.25, 0.3) is 0 Å². The first-order chi connectivity index (χ1) is 10.7.